The van der Waals surface area contributed by atoms with Gasteiger partial charge < -0.3 is 15.2 Å². The lowest BCUT2D eigenvalue weighted by molar-refractivity contribution is 0.0825. The molecular weight excluding hydrogens is 201 g/mol. The molecule has 5 heteroatoms. The summed E-state index contributed by atoms with van der Waals surface area (Å²) in [5.41, 5.74) is -1.67. The van der Waals surface area contributed by atoms with Crippen LogP contribution in [0.5, 0.6) is 0 Å². The van der Waals surface area contributed by atoms with Crippen molar-refractivity contribution < 1.29 is 19.0 Å². The maximum atomic E-state index is 13.4. The lowest BCUT2D eigenvalue weighted by atomic mass is 10.0. The van der Waals surface area contributed by atoms with E-state index in [1.165, 1.54) is 13.8 Å². The molecule has 4 nitrogen and oxygen atoms in total. The van der Waals surface area contributed by atoms with Gasteiger partial charge in [-0.25, -0.2) is 9.18 Å². The summed E-state index contributed by atoms with van der Waals surface area (Å²) >= 11 is 0. The predicted molar refractivity (Wildman–Crippen MR) is 55.5 cm³/mol. The van der Waals surface area contributed by atoms with Crippen LogP contribution in [0.2, 0.25) is 0 Å². The highest BCUT2D eigenvalue weighted by Crippen LogP contribution is 2.13. The van der Waals surface area contributed by atoms with Gasteiger partial charge in [0.2, 0.25) is 0 Å². The van der Waals surface area contributed by atoms with Crippen molar-refractivity contribution in [2.24, 2.45) is 0 Å². The second-order valence-corrected chi connectivity index (χ2v) is 3.93. The number of aliphatic hydroxyl groups excluding tert-OH is 1. The van der Waals surface area contributed by atoms with Crippen molar-refractivity contribution in [1.29, 1.82) is 0 Å². The summed E-state index contributed by atoms with van der Waals surface area (Å²) in [5, 5.41) is 11.2. The Hall–Kier alpha value is -0.840. The largest absolute Gasteiger partial charge is 0.450 e. The molecule has 0 aromatic heterocycles. The Kier molecular flexibility index (Phi) is 6.24. The normalized spacial score (nSPS) is 13.4. The monoisotopic (exact) mass is 221 g/mol. The van der Waals surface area contributed by atoms with Gasteiger partial charge >= 0.3 is 6.09 Å². The number of aliphatic hydroxyl groups is 1. The van der Waals surface area contributed by atoms with Gasteiger partial charge in [0.25, 0.3) is 0 Å². The molecule has 0 aliphatic carbocycles. The number of rotatable bonds is 6. The van der Waals surface area contributed by atoms with Crippen LogP contribution in [-0.4, -0.2) is 36.1 Å². The van der Waals surface area contributed by atoms with Crippen LogP contribution < -0.4 is 5.32 Å². The van der Waals surface area contributed by atoms with Gasteiger partial charge in [-0.05, 0) is 20.3 Å². The molecule has 0 spiro atoms. The van der Waals surface area contributed by atoms with E-state index in [1.807, 2.05) is 6.92 Å². The van der Waals surface area contributed by atoms with Crippen LogP contribution in [0.25, 0.3) is 0 Å². The molecule has 0 saturated carbocycles. The van der Waals surface area contributed by atoms with Crippen LogP contribution >= 0.6 is 0 Å². The van der Waals surface area contributed by atoms with Crippen LogP contribution in [-0.2, 0) is 4.74 Å². The Balaban J connectivity index is 3.92. The number of carbonyl (C=O) groups is 1. The average Bonchev–Trinajstić information content (AvgIpc) is 2.12. The number of halogens is 1. The maximum Gasteiger partial charge on any atom is 0.407 e. The molecule has 0 bridgehead atoms. The molecule has 0 fully saturated rings. The second kappa shape index (κ2) is 6.61. The van der Waals surface area contributed by atoms with Gasteiger partial charge in [-0.2, -0.15) is 0 Å². The van der Waals surface area contributed by atoms with Gasteiger partial charge in [0.15, 0.2) is 0 Å². The number of nitrogens with one attached hydrogen (secondary N) is 1. The summed E-state index contributed by atoms with van der Waals surface area (Å²) in [6.45, 7) is 4.42. The molecule has 0 aromatic carbocycles. The fourth-order valence-electron chi connectivity index (χ4n) is 0.927. The first-order valence-electron chi connectivity index (χ1n) is 5.14. The van der Waals surface area contributed by atoms with E-state index in [0.717, 1.165) is 12.8 Å². The quantitative estimate of drug-likeness (QED) is 0.670. The highest BCUT2D eigenvalue weighted by atomic mass is 19.1. The molecule has 2 N–H and O–H groups in total. The molecule has 15 heavy (non-hydrogen) atoms. The van der Waals surface area contributed by atoms with Crippen molar-refractivity contribution in [1.82, 2.24) is 5.32 Å². The predicted octanol–water partition coefficient (Wildman–Crippen LogP) is 1.62. The zero-order valence-corrected chi connectivity index (χ0v) is 9.55. The van der Waals surface area contributed by atoms with E-state index < -0.39 is 24.4 Å². The average molecular weight is 221 g/mol. The first-order valence-corrected chi connectivity index (χ1v) is 5.14. The van der Waals surface area contributed by atoms with E-state index in [9.17, 15) is 9.18 Å². The highest BCUT2D eigenvalue weighted by molar-refractivity contribution is 5.67. The lowest BCUT2D eigenvalue weighted by Crippen LogP contribution is -2.49. The summed E-state index contributed by atoms with van der Waals surface area (Å²) in [6, 6.07) is -0.938. The standard InChI is InChI=1S/C10H20FNO3/c1-4-5-6-15-9(14)12-8(7-13)10(2,3)11/h8,13H,4-7H2,1-3H3,(H,12,14). The number of alkyl carbamates (subject to hydrolysis) is 1. The van der Waals surface area contributed by atoms with Crippen molar-refractivity contribution in [2.45, 2.75) is 45.3 Å². The summed E-state index contributed by atoms with van der Waals surface area (Å²) in [7, 11) is 0. The first-order chi connectivity index (χ1) is 6.91. The molecule has 0 aliphatic heterocycles. The molecule has 0 aliphatic rings. The Morgan fingerprint density at radius 1 is 1.60 bits per heavy atom. The number of amides is 1. The number of hydrogen-bond acceptors (Lipinski definition) is 3. The third kappa shape index (κ3) is 6.28. The molecule has 0 aromatic rings. The maximum absolute atomic E-state index is 13.4. The molecule has 90 valence electrons. The highest BCUT2D eigenvalue weighted by Gasteiger charge is 2.30. The van der Waals surface area contributed by atoms with Crippen LogP contribution in [0.1, 0.15) is 33.6 Å². The molecule has 0 saturated heterocycles. The van der Waals surface area contributed by atoms with E-state index in [4.69, 9.17) is 9.84 Å². The van der Waals surface area contributed by atoms with E-state index in [0.29, 0.717) is 6.61 Å². The molecule has 1 unspecified atom stereocenters. The lowest BCUT2D eigenvalue weighted by Gasteiger charge is -2.25. The minimum Gasteiger partial charge on any atom is -0.450 e. The SMILES string of the molecule is CCCCOC(=O)NC(CO)C(C)(C)F. The van der Waals surface area contributed by atoms with Crippen LogP contribution in [0, 0.1) is 0 Å². The summed E-state index contributed by atoms with van der Waals surface area (Å²) in [5.74, 6) is 0. The molecule has 0 radical (unpaired) electrons. The Labute approximate surface area is 89.8 Å². The van der Waals surface area contributed by atoms with E-state index in [2.05, 4.69) is 5.32 Å². The van der Waals surface area contributed by atoms with Gasteiger partial charge in [0, 0.05) is 0 Å². The summed E-state index contributed by atoms with van der Waals surface area (Å²) in [4.78, 5) is 11.1. The smallest absolute Gasteiger partial charge is 0.407 e. The van der Waals surface area contributed by atoms with E-state index in [-0.39, 0.29) is 0 Å². The van der Waals surface area contributed by atoms with E-state index in [1.54, 1.807) is 0 Å². The summed E-state index contributed by atoms with van der Waals surface area (Å²) in [6.07, 6.45) is 1.01. The van der Waals surface area contributed by atoms with Crippen molar-refractivity contribution in [3.63, 3.8) is 0 Å². The molecule has 1 atom stereocenters. The van der Waals surface area contributed by atoms with Crippen molar-refractivity contribution >= 4 is 6.09 Å². The Bertz CT molecular complexity index is 192. The zero-order valence-electron chi connectivity index (χ0n) is 9.55. The van der Waals surface area contributed by atoms with Gasteiger partial charge in [0.1, 0.15) is 5.67 Å². The van der Waals surface area contributed by atoms with Gasteiger partial charge in [0.05, 0.1) is 19.3 Å². The van der Waals surface area contributed by atoms with Crippen molar-refractivity contribution in [2.75, 3.05) is 13.2 Å². The first kappa shape index (κ1) is 14.2. The zero-order chi connectivity index (χ0) is 11.9. The minimum absolute atomic E-state index is 0.313. The number of carbonyl (C=O) groups excluding carboxylic acids is 1. The minimum atomic E-state index is -1.67. The topological polar surface area (TPSA) is 58.6 Å². The number of unbranched alkanes of at least 4 members (excludes halogenated alkanes) is 1. The fraction of sp³-hybridized carbons (Fsp3) is 0.900. The number of hydrogen-bond donors (Lipinski definition) is 2. The Morgan fingerprint density at radius 3 is 2.60 bits per heavy atom. The van der Waals surface area contributed by atoms with E-state index >= 15 is 0 Å². The van der Waals surface area contributed by atoms with Crippen LogP contribution in [0.15, 0.2) is 0 Å². The summed E-state index contributed by atoms with van der Waals surface area (Å²) < 4.78 is 18.2. The molecule has 1 amide bonds. The van der Waals surface area contributed by atoms with Crippen LogP contribution in [0.4, 0.5) is 9.18 Å². The Morgan fingerprint density at radius 2 is 2.20 bits per heavy atom. The van der Waals surface area contributed by atoms with Crippen LogP contribution in [0.3, 0.4) is 0 Å². The molecular formula is C10H20FNO3. The van der Waals surface area contributed by atoms with Gasteiger partial charge in [-0.15, -0.1) is 0 Å². The molecule has 0 heterocycles. The van der Waals surface area contributed by atoms with Crippen molar-refractivity contribution in [3.8, 4) is 0 Å². The fourth-order valence-corrected chi connectivity index (χ4v) is 0.927. The van der Waals surface area contributed by atoms with Gasteiger partial charge in [-0.3, -0.25) is 0 Å². The van der Waals surface area contributed by atoms with Gasteiger partial charge in [-0.1, -0.05) is 13.3 Å². The third-order valence-corrected chi connectivity index (χ3v) is 2.03. The van der Waals surface area contributed by atoms with Crippen molar-refractivity contribution in [3.05, 3.63) is 0 Å². The number of alkyl halides is 1. The second-order valence-electron chi connectivity index (χ2n) is 3.93. The molecule has 0 rings (SSSR count). The number of ether oxygens (including phenoxy) is 1. The third-order valence-electron chi connectivity index (χ3n) is 2.03.